The van der Waals surface area contributed by atoms with Crippen LogP contribution in [0.4, 0.5) is 8.78 Å². The predicted octanol–water partition coefficient (Wildman–Crippen LogP) is 3.20. The quantitative estimate of drug-likeness (QED) is 0.347. The first kappa shape index (κ1) is 24.3. The molecule has 0 heterocycles. The van der Waals surface area contributed by atoms with Crippen LogP contribution in [0.25, 0.3) is 0 Å². The molecular formula is C19H24F2IN3O2S. The van der Waals surface area contributed by atoms with Crippen LogP contribution >= 0.6 is 24.0 Å². The molecule has 0 aliphatic rings. The molecule has 0 unspecified atom stereocenters. The molecule has 0 radical (unpaired) electrons. The van der Waals surface area contributed by atoms with Gasteiger partial charge in [-0.25, -0.2) is 17.2 Å². The Bertz CT molecular complexity index is 930. The molecule has 0 fully saturated rings. The molecule has 0 aliphatic heterocycles. The Morgan fingerprint density at radius 2 is 1.68 bits per heavy atom. The van der Waals surface area contributed by atoms with E-state index in [4.69, 9.17) is 0 Å². The van der Waals surface area contributed by atoms with Crippen molar-refractivity contribution in [3.63, 3.8) is 0 Å². The molecular weight excluding hydrogens is 499 g/mol. The van der Waals surface area contributed by atoms with Gasteiger partial charge in [0.2, 0.25) is 0 Å². The van der Waals surface area contributed by atoms with Gasteiger partial charge in [0.05, 0.1) is 4.90 Å². The molecule has 0 bridgehead atoms. The van der Waals surface area contributed by atoms with Gasteiger partial charge in [0, 0.05) is 32.5 Å². The average Bonchev–Trinajstić information content (AvgIpc) is 2.56. The van der Waals surface area contributed by atoms with Crippen LogP contribution in [0, 0.1) is 18.6 Å². The second kappa shape index (κ2) is 10.7. The molecule has 0 aromatic heterocycles. The van der Waals surface area contributed by atoms with Gasteiger partial charge in [0.1, 0.15) is 11.6 Å². The van der Waals surface area contributed by atoms with E-state index in [-0.39, 0.29) is 24.0 Å². The van der Waals surface area contributed by atoms with Crippen molar-refractivity contribution in [3.8, 4) is 0 Å². The molecule has 0 amide bonds. The summed E-state index contributed by atoms with van der Waals surface area (Å²) in [7, 11) is -1.62. The van der Waals surface area contributed by atoms with Crippen molar-refractivity contribution < 1.29 is 17.2 Å². The highest BCUT2D eigenvalue weighted by molar-refractivity contribution is 14.0. The topological polar surface area (TPSA) is 70.6 Å². The Morgan fingerprint density at radius 1 is 1.04 bits per heavy atom. The number of benzene rings is 2. The van der Waals surface area contributed by atoms with E-state index in [9.17, 15) is 17.2 Å². The summed E-state index contributed by atoms with van der Waals surface area (Å²) >= 11 is 0. The summed E-state index contributed by atoms with van der Waals surface area (Å²) < 4.78 is 49.7. The van der Waals surface area contributed by atoms with Gasteiger partial charge in [-0.15, -0.1) is 24.0 Å². The fourth-order valence-corrected chi connectivity index (χ4v) is 3.68. The van der Waals surface area contributed by atoms with Crippen LogP contribution in [0.3, 0.4) is 0 Å². The lowest BCUT2D eigenvalue weighted by Crippen LogP contribution is -2.37. The van der Waals surface area contributed by atoms with E-state index in [1.807, 2.05) is 6.07 Å². The van der Waals surface area contributed by atoms with E-state index >= 15 is 0 Å². The first-order chi connectivity index (χ1) is 12.7. The lowest BCUT2D eigenvalue weighted by molar-refractivity contribution is 0.579. The maximum Gasteiger partial charge on any atom is 0.191 e. The van der Waals surface area contributed by atoms with E-state index < -0.39 is 21.5 Å². The van der Waals surface area contributed by atoms with Crippen LogP contribution in [0.15, 0.2) is 46.3 Å². The average molecular weight is 523 g/mol. The number of hydrogen-bond donors (Lipinski definition) is 2. The molecule has 2 aromatic carbocycles. The van der Waals surface area contributed by atoms with Gasteiger partial charge < -0.3 is 10.6 Å². The lowest BCUT2D eigenvalue weighted by Gasteiger charge is -2.13. The molecule has 154 valence electrons. The van der Waals surface area contributed by atoms with Crippen LogP contribution in [-0.2, 0) is 22.8 Å². The van der Waals surface area contributed by atoms with Crippen molar-refractivity contribution in [3.05, 3.63) is 64.7 Å². The van der Waals surface area contributed by atoms with Gasteiger partial charge in [0.15, 0.2) is 15.8 Å². The summed E-state index contributed by atoms with van der Waals surface area (Å²) in [6.45, 7) is 2.67. The van der Waals surface area contributed by atoms with Crippen LogP contribution in [-0.4, -0.2) is 34.2 Å². The highest BCUT2D eigenvalue weighted by Gasteiger charge is 2.11. The van der Waals surface area contributed by atoms with Crippen LogP contribution in [0.5, 0.6) is 0 Å². The third-order valence-electron chi connectivity index (χ3n) is 3.95. The zero-order chi connectivity index (χ0) is 20.0. The van der Waals surface area contributed by atoms with Gasteiger partial charge in [-0.3, -0.25) is 4.99 Å². The van der Waals surface area contributed by atoms with Gasteiger partial charge in [0.25, 0.3) is 0 Å². The Kier molecular flexibility index (Phi) is 9.28. The molecule has 0 saturated carbocycles. The van der Waals surface area contributed by atoms with E-state index in [0.29, 0.717) is 41.5 Å². The van der Waals surface area contributed by atoms with Crippen LogP contribution in [0.2, 0.25) is 0 Å². The minimum Gasteiger partial charge on any atom is -0.356 e. The number of halogens is 3. The summed E-state index contributed by atoms with van der Waals surface area (Å²) in [6, 6.07) is 8.59. The molecule has 0 aliphatic carbocycles. The van der Waals surface area contributed by atoms with Gasteiger partial charge >= 0.3 is 0 Å². The zero-order valence-electron chi connectivity index (χ0n) is 15.9. The number of aliphatic imine (C=N–C) groups is 1. The van der Waals surface area contributed by atoms with Gasteiger partial charge in [-0.1, -0.05) is 12.1 Å². The molecule has 28 heavy (non-hydrogen) atoms. The minimum absolute atomic E-state index is 0. The number of guanidine groups is 1. The van der Waals surface area contributed by atoms with Crippen molar-refractivity contribution in [1.82, 2.24) is 10.6 Å². The zero-order valence-corrected chi connectivity index (χ0v) is 19.1. The maximum atomic E-state index is 13.2. The van der Waals surface area contributed by atoms with Crippen molar-refractivity contribution in [2.24, 2.45) is 4.99 Å². The van der Waals surface area contributed by atoms with Crippen molar-refractivity contribution in [2.45, 2.75) is 24.8 Å². The molecule has 0 spiro atoms. The third kappa shape index (κ3) is 7.34. The highest BCUT2D eigenvalue weighted by Crippen LogP contribution is 2.16. The van der Waals surface area contributed by atoms with Crippen LogP contribution in [0.1, 0.15) is 16.7 Å². The number of aryl methyl sites for hydroxylation is 1. The molecule has 2 aromatic rings. The molecule has 2 rings (SSSR count). The van der Waals surface area contributed by atoms with Crippen LogP contribution < -0.4 is 10.6 Å². The predicted molar refractivity (Wildman–Crippen MR) is 118 cm³/mol. The fourth-order valence-electron chi connectivity index (χ4n) is 2.72. The first-order valence-electron chi connectivity index (χ1n) is 8.38. The number of rotatable bonds is 6. The molecule has 0 atom stereocenters. The molecule has 9 heteroatoms. The normalized spacial score (nSPS) is 11.7. The summed E-state index contributed by atoms with van der Waals surface area (Å²) in [5, 5.41) is 6.20. The Balaban J connectivity index is 0.00000392. The van der Waals surface area contributed by atoms with E-state index in [1.54, 1.807) is 26.1 Å². The Hall–Kier alpha value is -1.75. The number of hydrogen-bond acceptors (Lipinski definition) is 3. The SMILES string of the molecule is CN=C(NCCc1cc(F)cc(F)c1)NCc1ccc(S(C)(=O)=O)c(C)c1.I. The second-order valence-corrected chi connectivity index (χ2v) is 8.24. The maximum absolute atomic E-state index is 13.2. The summed E-state index contributed by atoms with van der Waals surface area (Å²) in [5.74, 6) is -0.655. The standard InChI is InChI=1S/C19H23F2N3O2S.HI/c1-13-8-15(4-5-18(13)27(3,25)26)12-24-19(22-2)23-7-6-14-9-16(20)11-17(21)10-14;/h4-5,8-11H,6-7,12H2,1-3H3,(H2,22,23,24);1H. The largest absolute Gasteiger partial charge is 0.356 e. The first-order valence-corrected chi connectivity index (χ1v) is 10.3. The van der Waals surface area contributed by atoms with E-state index in [1.165, 1.54) is 18.4 Å². The van der Waals surface area contributed by atoms with Gasteiger partial charge in [-0.2, -0.15) is 0 Å². The summed E-state index contributed by atoms with van der Waals surface area (Å²) in [5.41, 5.74) is 2.16. The fraction of sp³-hybridized carbons (Fsp3) is 0.316. The van der Waals surface area contributed by atoms with Gasteiger partial charge in [-0.05, 0) is 48.2 Å². The minimum atomic E-state index is -3.24. The molecule has 2 N–H and O–H groups in total. The Labute approximate surface area is 181 Å². The van der Waals surface area contributed by atoms with E-state index in [0.717, 1.165) is 11.6 Å². The smallest absolute Gasteiger partial charge is 0.191 e. The van der Waals surface area contributed by atoms with E-state index in [2.05, 4.69) is 15.6 Å². The lowest BCUT2D eigenvalue weighted by atomic mass is 10.1. The highest BCUT2D eigenvalue weighted by atomic mass is 127. The molecule has 5 nitrogen and oxygen atoms in total. The Morgan fingerprint density at radius 3 is 2.21 bits per heavy atom. The second-order valence-electron chi connectivity index (χ2n) is 6.25. The number of nitrogens with one attached hydrogen (secondary N) is 2. The van der Waals surface area contributed by atoms with Crippen molar-refractivity contribution in [2.75, 3.05) is 19.8 Å². The van der Waals surface area contributed by atoms with Crippen molar-refractivity contribution >= 4 is 39.8 Å². The monoisotopic (exact) mass is 523 g/mol. The van der Waals surface area contributed by atoms with Crippen molar-refractivity contribution in [1.29, 1.82) is 0 Å². The number of nitrogens with zero attached hydrogens (tertiary/aromatic N) is 1. The molecule has 0 saturated heterocycles. The summed E-state index contributed by atoms with van der Waals surface area (Å²) in [6.07, 6.45) is 1.63. The summed E-state index contributed by atoms with van der Waals surface area (Å²) in [4.78, 5) is 4.41. The third-order valence-corrected chi connectivity index (χ3v) is 5.21. The number of sulfone groups is 1.